The van der Waals surface area contributed by atoms with Crippen LogP contribution in [0.2, 0.25) is 0 Å². The van der Waals surface area contributed by atoms with E-state index in [1.54, 1.807) is 7.05 Å². The number of aryl methyl sites for hydroxylation is 2. The number of amides is 2. The van der Waals surface area contributed by atoms with Crippen molar-refractivity contribution in [1.82, 2.24) is 49.1 Å². The lowest BCUT2D eigenvalue weighted by molar-refractivity contribution is -0.141. The number of rotatable bonds is 10. The Bertz CT molecular complexity index is 2610. The Labute approximate surface area is 318 Å². The first-order chi connectivity index (χ1) is 26.8. The van der Waals surface area contributed by atoms with Crippen LogP contribution in [0.25, 0.3) is 33.4 Å². The second-order valence-electron chi connectivity index (χ2n) is 14.4. The van der Waals surface area contributed by atoms with Gasteiger partial charge in [0.2, 0.25) is 11.5 Å². The van der Waals surface area contributed by atoms with E-state index in [4.69, 9.17) is 0 Å². The standard InChI is InChI=1S/C37H33F7N10O3/c1-36(2,18-54-26(12-28(49-54)37(42,43)44)20-5-8-29(55)50(3)16-20)47-33(56)27(11-19-13-46-53(15-19)35(40)41)52-10-9-21-22(6-7-24(38)30(21)34(52)57)32-31(39)23-17-51(4)48-25(23)14-45-32/h5-8,12-17,27,35H,9-11,18H2,1-4H3,(H,47,56)/t27-/m1/s1. The van der Waals surface area contributed by atoms with Crippen molar-refractivity contribution in [1.29, 1.82) is 0 Å². The number of fused-ring (bicyclic) bond motifs is 2. The third-order valence-electron chi connectivity index (χ3n) is 9.63. The lowest BCUT2D eigenvalue weighted by Crippen LogP contribution is -2.58. The average Bonchev–Trinajstić information content (AvgIpc) is 3.88. The summed E-state index contributed by atoms with van der Waals surface area (Å²) in [5, 5.41) is 14.4. The molecule has 0 spiro atoms. The molecule has 0 aliphatic carbocycles. The van der Waals surface area contributed by atoms with Crippen LogP contribution in [0.5, 0.6) is 0 Å². The minimum absolute atomic E-state index is 0.0149. The zero-order valence-electron chi connectivity index (χ0n) is 30.7. The topological polar surface area (TPSA) is 138 Å². The number of aromatic nitrogens is 8. The number of hydrogen-bond acceptors (Lipinski definition) is 7. The molecule has 1 aliphatic heterocycles. The van der Waals surface area contributed by atoms with Crippen molar-refractivity contribution < 1.29 is 40.3 Å². The van der Waals surface area contributed by atoms with Gasteiger partial charge in [0.25, 0.3) is 5.91 Å². The number of hydrogen-bond donors (Lipinski definition) is 1. The Balaban J connectivity index is 1.23. The van der Waals surface area contributed by atoms with Gasteiger partial charge in [-0.3, -0.25) is 28.7 Å². The first-order valence-electron chi connectivity index (χ1n) is 17.4. The molecule has 0 saturated carbocycles. The lowest BCUT2D eigenvalue weighted by atomic mass is 9.89. The number of alkyl halides is 5. The monoisotopic (exact) mass is 798 g/mol. The van der Waals surface area contributed by atoms with Gasteiger partial charge in [-0.25, -0.2) is 13.5 Å². The van der Waals surface area contributed by atoms with Gasteiger partial charge in [0.1, 0.15) is 23.1 Å². The van der Waals surface area contributed by atoms with Crippen molar-refractivity contribution in [2.24, 2.45) is 14.1 Å². The van der Waals surface area contributed by atoms with E-state index in [-0.39, 0.29) is 70.5 Å². The molecule has 13 nitrogen and oxygen atoms in total. The van der Waals surface area contributed by atoms with Gasteiger partial charge in [0.15, 0.2) is 11.5 Å². The van der Waals surface area contributed by atoms with E-state index in [1.165, 1.54) is 66.9 Å². The minimum Gasteiger partial charge on any atom is -0.348 e. The van der Waals surface area contributed by atoms with Crippen LogP contribution in [0, 0.1) is 11.6 Å². The number of nitrogens with one attached hydrogen (secondary N) is 1. The van der Waals surface area contributed by atoms with E-state index in [9.17, 15) is 36.3 Å². The largest absolute Gasteiger partial charge is 0.435 e. The van der Waals surface area contributed by atoms with Gasteiger partial charge in [0.05, 0.1) is 41.1 Å². The zero-order chi connectivity index (χ0) is 41.1. The molecule has 0 radical (unpaired) electrons. The van der Waals surface area contributed by atoms with Crippen molar-refractivity contribution in [3.8, 4) is 22.5 Å². The first kappa shape index (κ1) is 38.9. The maximum atomic E-state index is 15.8. The van der Waals surface area contributed by atoms with Crippen molar-refractivity contribution in [2.75, 3.05) is 6.54 Å². The van der Waals surface area contributed by atoms with E-state index in [0.717, 1.165) is 34.1 Å². The molecular formula is C37H33F7N10O3. The highest BCUT2D eigenvalue weighted by Gasteiger charge is 2.40. The van der Waals surface area contributed by atoms with Crippen LogP contribution in [0.3, 0.4) is 0 Å². The van der Waals surface area contributed by atoms with Gasteiger partial charge in [-0.1, -0.05) is 0 Å². The SMILES string of the molecule is Cn1cc2c(F)c(-c3ccc(F)c4c3CCN([C@H](Cc3cnn(C(F)F)c3)C(=O)NC(C)(C)Cn3nc(C(F)(F)F)cc3-c3ccc(=O)n(C)c3)C4=O)ncc2n1. The van der Waals surface area contributed by atoms with Crippen LogP contribution in [0.15, 0.2) is 66.1 Å². The van der Waals surface area contributed by atoms with Gasteiger partial charge in [-0.05, 0) is 55.7 Å². The highest BCUT2D eigenvalue weighted by atomic mass is 19.4. The fraction of sp³-hybridized carbons (Fsp3) is 0.324. The normalized spacial score (nSPS) is 14.1. The summed E-state index contributed by atoms with van der Waals surface area (Å²) < 4.78 is 104. The highest BCUT2D eigenvalue weighted by Crippen LogP contribution is 2.36. The number of carbonyl (C=O) groups excluding carboxylic acids is 2. The number of halogens is 7. The third kappa shape index (κ3) is 7.50. The Morgan fingerprint density at radius 3 is 2.42 bits per heavy atom. The molecule has 1 N–H and O–H groups in total. The van der Waals surface area contributed by atoms with Crippen LogP contribution in [-0.2, 0) is 44.5 Å². The summed E-state index contributed by atoms with van der Waals surface area (Å²) >= 11 is 0. The number of nitrogens with zero attached hydrogens (tertiary/aromatic N) is 9. The summed E-state index contributed by atoms with van der Waals surface area (Å²) in [6, 6.07) is 4.14. The summed E-state index contributed by atoms with van der Waals surface area (Å²) in [5.74, 6) is -3.49. The van der Waals surface area contributed by atoms with Crippen LogP contribution >= 0.6 is 0 Å². The number of benzene rings is 1. The second-order valence-corrected chi connectivity index (χ2v) is 14.4. The molecule has 2 amide bonds. The van der Waals surface area contributed by atoms with Crippen molar-refractivity contribution in [3.63, 3.8) is 0 Å². The summed E-state index contributed by atoms with van der Waals surface area (Å²) in [6.07, 6.45) is 0.936. The minimum atomic E-state index is -4.84. The highest BCUT2D eigenvalue weighted by molar-refractivity contribution is 6.02. The van der Waals surface area contributed by atoms with Gasteiger partial charge in [0, 0.05) is 62.8 Å². The lowest BCUT2D eigenvalue weighted by Gasteiger charge is -2.37. The van der Waals surface area contributed by atoms with Crippen LogP contribution < -0.4 is 10.9 Å². The van der Waals surface area contributed by atoms with Gasteiger partial charge in [-0.2, -0.15) is 37.2 Å². The maximum Gasteiger partial charge on any atom is 0.435 e. The molecule has 0 saturated heterocycles. The summed E-state index contributed by atoms with van der Waals surface area (Å²) in [5.41, 5.74) is -2.71. The average molecular weight is 799 g/mol. The Kier molecular flexibility index (Phi) is 9.77. The summed E-state index contributed by atoms with van der Waals surface area (Å²) in [6.45, 7) is -0.576. The van der Waals surface area contributed by atoms with Crippen LogP contribution in [0.1, 0.15) is 47.6 Å². The fourth-order valence-corrected chi connectivity index (χ4v) is 7.02. The molecule has 1 aliphatic rings. The van der Waals surface area contributed by atoms with Crippen molar-refractivity contribution in [3.05, 3.63) is 106 Å². The molecule has 5 aromatic heterocycles. The predicted molar refractivity (Wildman–Crippen MR) is 190 cm³/mol. The van der Waals surface area contributed by atoms with E-state index < -0.39 is 64.6 Å². The number of pyridine rings is 2. The van der Waals surface area contributed by atoms with Gasteiger partial charge >= 0.3 is 12.7 Å². The molecule has 6 aromatic rings. The molecule has 0 bridgehead atoms. The van der Waals surface area contributed by atoms with Crippen molar-refractivity contribution >= 4 is 22.7 Å². The van der Waals surface area contributed by atoms with Crippen molar-refractivity contribution in [2.45, 2.75) is 57.5 Å². The number of carbonyl (C=O) groups is 2. The molecule has 0 fully saturated rings. The Morgan fingerprint density at radius 1 is 0.982 bits per heavy atom. The Morgan fingerprint density at radius 2 is 1.74 bits per heavy atom. The smallest absolute Gasteiger partial charge is 0.348 e. The molecule has 1 atom stereocenters. The molecule has 1 aromatic carbocycles. The predicted octanol–water partition coefficient (Wildman–Crippen LogP) is 5.29. The van der Waals surface area contributed by atoms with E-state index in [0.29, 0.717) is 4.68 Å². The molecule has 0 unspecified atom stereocenters. The van der Waals surface area contributed by atoms with E-state index >= 15 is 8.78 Å². The first-order valence-corrected chi connectivity index (χ1v) is 17.4. The maximum absolute atomic E-state index is 15.8. The van der Waals surface area contributed by atoms with E-state index in [2.05, 4.69) is 25.6 Å². The molecular weight excluding hydrogens is 765 g/mol. The molecule has 7 rings (SSSR count). The van der Waals surface area contributed by atoms with Gasteiger partial charge in [-0.15, -0.1) is 0 Å². The Hall–Kier alpha value is -6.34. The quantitative estimate of drug-likeness (QED) is 0.186. The molecule has 57 heavy (non-hydrogen) atoms. The van der Waals surface area contributed by atoms with Crippen LogP contribution in [0.4, 0.5) is 30.7 Å². The van der Waals surface area contributed by atoms with Gasteiger partial charge < -0.3 is 14.8 Å². The van der Waals surface area contributed by atoms with Crippen LogP contribution in [-0.4, -0.2) is 73.7 Å². The fourth-order valence-electron chi connectivity index (χ4n) is 7.02. The third-order valence-corrected chi connectivity index (χ3v) is 9.63. The van der Waals surface area contributed by atoms with E-state index in [1.807, 2.05) is 0 Å². The molecule has 20 heteroatoms. The molecule has 298 valence electrons. The summed E-state index contributed by atoms with van der Waals surface area (Å²) in [7, 11) is 3.03. The summed E-state index contributed by atoms with van der Waals surface area (Å²) in [4.78, 5) is 45.9. The zero-order valence-corrected chi connectivity index (χ0v) is 30.7. The second kappa shape index (κ2) is 14.3. The molecule has 6 heterocycles.